The maximum Gasteiger partial charge on any atom is 0.333 e. The second-order valence-electron chi connectivity index (χ2n) is 11.4. The van der Waals surface area contributed by atoms with Gasteiger partial charge >= 0.3 is 11.9 Å². The van der Waals surface area contributed by atoms with Crippen LogP contribution in [0.1, 0.15) is 58.9 Å². The molecule has 1 saturated heterocycles. The van der Waals surface area contributed by atoms with Crippen LogP contribution in [-0.4, -0.2) is 90.1 Å². The molecule has 4 atom stereocenters. The number of carbonyl (C=O) groups excluding carboxylic acids is 5. The molecule has 0 aromatic heterocycles. The topological polar surface area (TPSA) is 242 Å². The van der Waals surface area contributed by atoms with Gasteiger partial charge < -0.3 is 50.8 Å². The zero-order chi connectivity index (χ0) is 34.4. The first-order valence-corrected chi connectivity index (χ1v) is 14.9. The second-order valence-corrected chi connectivity index (χ2v) is 11.4. The number of ether oxygens (including phenoxy) is 4. The van der Waals surface area contributed by atoms with Gasteiger partial charge in [-0.25, -0.2) is 4.79 Å². The number of aliphatic carboxylic acids is 1. The molecule has 0 aliphatic carbocycles. The highest BCUT2D eigenvalue weighted by molar-refractivity contribution is 5.97. The summed E-state index contributed by atoms with van der Waals surface area (Å²) in [4.78, 5) is 72.3. The third-order valence-corrected chi connectivity index (χ3v) is 6.63. The monoisotopic (exact) mass is 652 g/mol. The minimum Gasteiger partial charge on any atom is -0.479 e. The highest BCUT2D eigenvalue weighted by Crippen LogP contribution is 2.30. The summed E-state index contributed by atoms with van der Waals surface area (Å²) in [7, 11) is 0. The van der Waals surface area contributed by atoms with Crippen LogP contribution in [0, 0.1) is 11.8 Å². The number of anilines is 1. The summed E-state index contributed by atoms with van der Waals surface area (Å²) in [6.45, 7) is 6.30. The van der Waals surface area contributed by atoms with Crippen LogP contribution in [0.4, 0.5) is 5.69 Å². The molecule has 4 unspecified atom stereocenters. The fourth-order valence-corrected chi connectivity index (χ4v) is 4.12. The van der Waals surface area contributed by atoms with E-state index in [2.05, 4.69) is 16.0 Å². The maximum atomic E-state index is 12.9. The first kappa shape index (κ1) is 37.9. The van der Waals surface area contributed by atoms with Gasteiger partial charge in [-0.05, 0) is 23.6 Å². The molecule has 7 N–H and O–H groups in total. The molecule has 256 valence electrons. The smallest absolute Gasteiger partial charge is 0.333 e. The summed E-state index contributed by atoms with van der Waals surface area (Å²) in [5.41, 5.74) is 5.64. The maximum absolute atomic E-state index is 12.9. The van der Waals surface area contributed by atoms with Gasteiger partial charge in [0, 0.05) is 25.7 Å². The Bertz CT molecular complexity index is 1240. The van der Waals surface area contributed by atoms with Gasteiger partial charge in [0.1, 0.15) is 18.4 Å². The van der Waals surface area contributed by atoms with E-state index in [1.807, 2.05) is 0 Å². The summed E-state index contributed by atoms with van der Waals surface area (Å²) in [5.74, 6) is -4.56. The van der Waals surface area contributed by atoms with Crippen molar-refractivity contribution >= 4 is 41.3 Å². The molecule has 0 saturated carbocycles. The SMILES string of the molecule is CC(C)C(=O)OCc1ccc(OC2CC(O)CC(C(=O)O)O2)c(NC(=O)CNC(=O)C(NC(=O)CCOCCC(N)=O)C(C)C)c1. The van der Waals surface area contributed by atoms with Crippen molar-refractivity contribution in [1.29, 1.82) is 0 Å². The van der Waals surface area contributed by atoms with Gasteiger partial charge in [0.15, 0.2) is 6.10 Å². The minimum absolute atomic E-state index is 0.0207. The molecule has 46 heavy (non-hydrogen) atoms. The summed E-state index contributed by atoms with van der Waals surface area (Å²) < 4.78 is 21.7. The largest absolute Gasteiger partial charge is 0.479 e. The van der Waals surface area contributed by atoms with E-state index in [4.69, 9.17) is 24.7 Å². The van der Waals surface area contributed by atoms with Crippen molar-refractivity contribution in [1.82, 2.24) is 10.6 Å². The van der Waals surface area contributed by atoms with Crippen molar-refractivity contribution < 1.29 is 57.9 Å². The highest BCUT2D eigenvalue weighted by Gasteiger charge is 2.34. The van der Waals surface area contributed by atoms with E-state index in [1.165, 1.54) is 12.1 Å². The number of aliphatic hydroxyl groups excluding tert-OH is 1. The van der Waals surface area contributed by atoms with Gasteiger partial charge in [0.05, 0.1) is 37.5 Å². The van der Waals surface area contributed by atoms with Gasteiger partial charge in [0.2, 0.25) is 29.9 Å². The standard InChI is InChI=1S/C30H44N4O12/c1-16(2)27(34-24(37)8-10-43-9-7-23(31)36)28(39)32-14-25(38)33-20-11-18(15-44-30(42)17(3)4)5-6-21(20)45-26-13-19(35)12-22(46-26)29(40)41/h5-6,11,16-17,19,22,26-27,35H,7-10,12-15H2,1-4H3,(H2,31,36)(H,32,39)(H,33,38)(H,34,37)(H,40,41). The molecule has 1 aromatic rings. The van der Waals surface area contributed by atoms with E-state index < -0.39 is 66.7 Å². The van der Waals surface area contributed by atoms with Crippen LogP contribution in [-0.2, 0) is 49.6 Å². The lowest BCUT2D eigenvalue weighted by Crippen LogP contribution is -2.51. The van der Waals surface area contributed by atoms with Crippen LogP contribution in [0.15, 0.2) is 18.2 Å². The summed E-state index contributed by atoms with van der Waals surface area (Å²) in [5, 5.41) is 27.2. The van der Waals surface area contributed by atoms with E-state index in [0.29, 0.717) is 5.56 Å². The fourth-order valence-electron chi connectivity index (χ4n) is 4.12. The van der Waals surface area contributed by atoms with Crippen LogP contribution < -0.4 is 26.4 Å². The third kappa shape index (κ3) is 13.4. The first-order chi connectivity index (χ1) is 21.7. The molecule has 1 aromatic carbocycles. The Hall–Kier alpha value is -4.28. The van der Waals surface area contributed by atoms with E-state index in [1.54, 1.807) is 33.8 Å². The number of aliphatic hydroxyl groups is 1. The number of hydrogen-bond donors (Lipinski definition) is 6. The summed E-state index contributed by atoms with van der Waals surface area (Å²) >= 11 is 0. The number of rotatable bonds is 18. The molecule has 1 fully saturated rings. The average Bonchev–Trinajstić information content (AvgIpc) is 2.97. The van der Waals surface area contributed by atoms with Crippen LogP contribution in [0.2, 0.25) is 0 Å². The molecule has 1 aliphatic heterocycles. The van der Waals surface area contributed by atoms with E-state index in [9.17, 15) is 39.0 Å². The van der Waals surface area contributed by atoms with Crippen molar-refractivity contribution in [3.8, 4) is 5.75 Å². The molecule has 2 rings (SSSR count). The predicted molar refractivity (Wildman–Crippen MR) is 161 cm³/mol. The predicted octanol–water partition coefficient (Wildman–Crippen LogP) is 0.193. The molecule has 1 heterocycles. The van der Waals surface area contributed by atoms with Crippen molar-refractivity contribution in [2.75, 3.05) is 25.1 Å². The van der Waals surface area contributed by atoms with Crippen molar-refractivity contribution in [2.45, 2.75) is 84.5 Å². The number of carboxylic acid groups (broad SMARTS) is 1. The van der Waals surface area contributed by atoms with Crippen LogP contribution in [0.5, 0.6) is 5.75 Å². The Labute approximate surface area is 266 Å². The molecule has 16 nitrogen and oxygen atoms in total. The minimum atomic E-state index is -1.29. The Morgan fingerprint density at radius 2 is 1.72 bits per heavy atom. The van der Waals surface area contributed by atoms with Crippen molar-refractivity contribution in [2.24, 2.45) is 17.6 Å². The number of carboxylic acids is 1. The van der Waals surface area contributed by atoms with Gasteiger partial charge in [-0.15, -0.1) is 0 Å². The van der Waals surface area contributed by atoms with Crippen LogP contribution in [0.3, 0.4) is 0 Å². The third-order valence-electron chi connectivity index (χ3n) is 6.63. The summed E-state index contributed by atoms with van der Waals surface area (Å²) in [6.07, 6.45) is -3.60. The lowest BCUT2D eigenvalue weighted by atomic mass is 10.0. The quantitative estimate of drug-likeness (QED) is 0.0920. The van der Waals surface area contributed by atoms with Gasteiger partial charge in [-0.3, -0.25) is 24.0 Å². The Morgan fingerprint density at radius 3 is 2.35 bits per heavy atom. The van der Waals surface area contributed by atoms with Gasteiger partial charge in [-0.2, -0.15) is 0 Å². The average molecular weight is 653 g/mol. The normalized spacial score (nSPS) is 18.4. The number of amides is 4. The summed E-state index contributed by atoms with van der Waals surface area (Å²) in [6, 6.07) is 3.57. The van der Waals surface area contributed by atoms with E-state index >= 15 is 0 Å². The van der Waals surface area contributed by atoms with Crippen LogP contribution in [0.25, 0.3) is 0 Å². The lowest BCUT2D eigenvalue weighted by molar-refractivity contribution is -0.195. The second kappa shape index (κ2) is 18.6. The molecule has 4 amide bonds. The first-order valence-electron chi connectivity index (χ1n) is 14.9. The highest BCUT2D eigenvalue weighted by atomic mass is 16.7. The number of hydrogen-bond acceptors (Lipinski definition) is 11. The number of carbonyl (C=O) groups is 6. The zero-order valence-corrected chi connectivity index (χ0v) is 26.4. The lowest BCUT2D eigenvalue weighted by Gasteiger charge is -2.31. The van der Waals surface area contributed by atoms with Gasteiger partial charge in [0.25, 0.3) is 0 Å². The van der Waals surface area contributed by atoms with E-state index in [0.717, 1.165) is 0 Å². The molecular weight excluding hydrogens is 608 g/mol. The Kier molecular flexibility index (Phi) is 15.4. The number of primary amides is 1. The number of esters is 1. The molecule has 16 heteroatoms. The van der Waals surface area contributed by atoms with Crippen molar-refractivity contribution in [3.63, 3.8) is 0 Å². The Morgan fingerprint density at radius 1 is 1.02 bits per heavy atom. The Balaban J connectivity index is 2.07. The molecule has 0 bridgehead atoms. The molecule has 0 spiro atoms. The van der Waals surface area contributed by atoms with Crippen molar-refractivity contribution in [3.05, 3.63) is 23.8 Å². The molecular formula is C30H44N4O12. The molecule has 1 aliphatic rings. The number of nitrogens with one attached hydrogen (secondary N) is 3. The van der Waals surface area contributed by atoms with Gasteiger partial charge in [-0.1, -0.05) is 33.8 Å². The van der Waals surface area contributed by atoms with E-state index in [-0.39, 0.29) is 68.8 Å². The zero-order valence-electron chi connectivity index (χ0n) is 26.4. The number of nitrogens with two attached hydrogens (primary N) is 1. The fraction of sp³-hybridized carbons (Fsp3) is 0.600. The molecule has 0 radical (unpaired) electrons. The number of benzene rings is 1. The van der Waals surface area contributed by atoms with Crippen LogP contribution >= 0.6 is 0 Å².